The number of imidazole rings is 2. The lowest BCUT2D eigenvalue weighted by molar-refractivity contribution is -0.672. The highest BCUT2D eigenvalue weighted by Crippen LogP contribution is 2.34. The van der Waals surface area contributed by atoms with E-state index in [1.807, 2.05) is 42.5 Å². The van der Waals surface area contributed by atoms with Crippen molar-refractivity contribution in [3.05, 3.63) is 55.1 Å². The number of unbranched alkanes of at least 4 members (excludes halogenated alkanes) is 2. The summed E-state index contributed by atoms with van der Waals surface area (Å²) < 4.78 is 31.3. The maximum Gasteiger partial charge on any atom is 0.251 e. The van der Waals surface area contributed by atoms with Gasteiger partial charge in [-0.25, -0.2) is 9.13 Å². The summed E-state index contributed by atoms with van der Waals surface area (Å²) in [6.45, 7) is 6.20. The van der Waals surface area contributed by atoms with Crippen LogP contribution in [0.3, 0.4) is 0 Å². The van der Waals surface area contributed by atoms with Crippen LogP contribution in [0.25, 0.3) is 33.7 Å². The van der Waals surface area contributed by atoms with Crippen LogP contribution in [0.1, 0.15) is 39.5 Å². The highest BCUT2D eigenvalue weighted by atomic mass is 16.5. The molecule has 9 nitrogen and oxygen atoms in total. The fourth-order valence-electron chi connectivity index (χ4n) is 5.15. The fraction of sp³-hybridized carbons (Fsp3) is 0.387. The molecule has 0 radical (unpaired) electrons. The van der Waals surface area contributed by atoms with Gasteiger partial charge in [-0.05, 0) is 12.8 Å². The van der Waals surface area contributed by atoms with Gasteiger partial charge in [-0.1, -0.05) is 32.8 Å². The number of hydrogen-bond acceptors (Lipinski definition) is 5. The first-order valence-electron chi connectivity index (χ1n) is 13.9. The minimum absolute atomic E-state index is 0.683. The molecule has 0 bridgehead atoms. The number of pyridine rings is 1. The number of nitrogens with zero attached hydrogens (tertiary/aromatic N) is 5. The van der Waals surface area contributed by atoms with Crippen LogP contribution >= 0.6 is 0 Å². The molecule has 9 heteroatoms. The molecule has 0 N–H and O–H groups in total. The van der Waals surface area contributed by atoms with Crippen LogP contribution in [-0.2, 0) is 13.1 Å². The van der Waals surface area contributed by atoms with E-state index in [1.165, 1.54) is 0 Å². The largest absolute Gasteiger partial charge is 0.493 e. The van der Waals surface area contributed by atoms with Gasteiger partial charge in [-0.2, -0.15) is 14.1 Å². The van der Waals surface area contributed by atoms with Crippen molar-refractivity contribution in [3.8, 4) is 34.6 Å². The Kier molecular flexibility index (Phi) is 8.09. The third-order valence-electron chi connectivity index (χ3n) is 7.33. The molecule has 3 aromatic heterocycles. The molecule has 0 aliphatic carbocycles. The normalized spacial score (nSPS) is 11.3. The molecule has 0 unspecified atom stereocenters. The van der Waals surface area contributed by atoms with Gasteiger partial charge in [0.05, 0.1) is 41.5 Å². The number of ether oxygens (including phenoxy) is 4. The van der Waals surface area contributed by atoms with E-state index in [0.717, 1.165) is 72.5 Å². The molecule has 0 fully saturated rings. The Morgan fingerprint density at radius 1 is 0.625 bits per heavy atom. The second kappa shape index (κ2) is 11.9. The van der Waals surface area contributed by atoms with Crippen molar-refractivity contribution in [2.24, 2.45) is 0 Å². The number of methoxy groups -OCH3 is 4. The number of fused-ring (bicyclic) bond motifs is 2. The first-order chi connectivity index (χ1) is 19.6. The molecule has 5 aromatic rings. The third-order valence-corrected chi connectivity index (χ3v) is 7.33. The maximum absolute atomic E-state index is 5.65. The van der Waals surface area contributed by atoms with Crippen LogP contribution in [0, 0.1) is 0 Å². The second-order valence-corrected chi connectivity index (χ2v) is 9.81. The SMILES string of the molecule is CCCC[n+]1cn(-c2cccc(-n3c[n+](CCCC)c4cc(OC)c(OC)cc43)n2)c2cc(OC)c(OC)cc21. The molecule has 40 heavy (non-hydrogen) atoms. The summed E-state index contributed by atoms with van der Waals surface area (Å²) in [4.78, 5) is 5.15. The zero-order valence-corrected chi connectivity index (χ0v) is 24.3. The molecule has 0 aliphatic heterocycles. The Bertz CT molecular complexity index is 1520. The first-order valence-corrected chi connectivity index (χ1v) is 13.9. The summed E-state index contributed by atoms with van der Waals surface area (Å²) in [6, 6.07) is 14.2. The van der Waals surface area contributed by atoms with E-state index in [2.05, 4.69) is 44.8 Å². The number of benzene rings is 2. The summed E-state index contributed by atoms with van der Waals surface area (Å²) in [5, 5.41) is 0. The van der Waals surface area contributed by atoms with Crippen LogP contribution in [0.15, 0.2) is 55.1 Å². The molecule has 0 saturated carbocycles. The zero-order valence-electron chi connectivity index (χ0n) is 24.3. The first kappa shape index (κ1) is 27.3. The monoisotopic (exact) mass is 545 g/mol. The minimum atomic E-state index is 0.683. The highest BCUT2D eigenvalue weighted by molar-refractivity contribution is 5.80. The average Bonchev–Trinajstić information content (AvgIpc) is 3.54. The quantitative estimate of drug-likeness (QED) is 0.202. The van der Waals surface area contributed by atoms with Gasteiger partial charge in [0.15, 0.2) is 45.1 Å². The Hall–Kier alpha value is -4.27. The Morgan fingerprint density at radius 3 is 1.40 bits per heavy atom. The van der Waals surface area contributed by atoms with Crippen molar-refractivity contribution in [2.75, 3.05) is 28.4 Å². The molecule has 0 atom stereocenters. The van der Waals surface area contributed by atoms with Crippen LogP contribution in [-0.4, -0.2) is 42.6 Å². The molecule has 5 rings (SSSR count). The third kappa shape index (κ3) is 4.92. The predicted molar refractivity (Wildman–Crippen MR) is 154 cm³/mol. The van der Waals surface area contributed by atoms with Crippen molar-refractivity contribution >= 4 is 22.1 Å². The summed E-state index contributed by atoms with van der Waals surface area (Å²) in [6.07, 6.45) is 8.60. The summed E-state index contributed by atoms with van der Waals surface area (Å²) in [7, 11) is 6.66. The highest BCUT2D eigenvalue weighted by Gasteiger charge is 2.25. The van der Waals surface area contributed by atoms with E-state index >= 15 is 0 Å². The van der Waals surface area contributed by atoms with E-state index in [4.69, 9.17) is 23.9 Å². The summed E-state index contributed by atoms with van der Waals surface area (Å²) >= 11 is 0. The van der Waals surface area contributed by atoms with Gasteiger partial charge in [0.1, 0.15) is 0 Å². The van der Waals surface area contributed by atoms with E-state index < -0.39 is 0 Å². The average molecular weight is 546 g/mol. The van der Waals surface area contributed by atoms with E-state index in [9.17, 15) is 0 Å². The lowest BCUT2D eigenvalue weighted by atomic mass is 10.2. The fourth-order valence-corrected chi connectivity index (χ4v) is 5.15. The van der Waals surface area contributed by atoms with Gasteiger partial charge in [-0.3, -0.25) is 0 Å². The second-order valence-electron chi connectivity index (χ2n) is 9.81. The number of aryl methyl sites for hydroxylation is 2. The molecule has 0 spiro atoms. The lowest BCUT2D eigenvalue weighted by Crippen LogP contribution is -2.32. The lowest BCUT2D eigenvalue weighted by Gasteiger charge is -2.07. The van der Waals surface area contributed by atoms with Gasteiger partial charge in [0, 0.05) is 36.4 Å². The van der Waals surface area contributed by atoms with Gasteiger partial charge < -0.3 is 18.9 Å². The van der Waals surface area contributed by atoms with Crippen LogP contribution in [0.2, 0.25) is 0 Å². The smallest absolute Gasteiger partial charge is 0.251 e. The zero-order chi connectivity index (χ0) is 28.2. The van der Waals surface area contributed by atoms with Crippen molar-refractivity contribution in [2.45, 2.75) is 52.6 Å². The van der Waals surface area contributed by atoms with Gasteiger partial charge in [0.2, 0.25) is 11.6 Å². The molecule has 210 valence electrons. The number of aromatic nitrogens is 5. The molecule has 2 aromatic carbocycles. The predicted octanol–water partition coefficient (Wildman–Crippen LogP) is 5.18. The van der Waals surface area contributed by atoms with E-state index in [1.54, 1.807) is 28.4 Å². The molecular formula is C31H39N5O4+2. The van der Waals surface area contributed by atoms with Gasteiger partial charge >= 0.3 is 0 Å². The molecule has 0 amide bonds. The molecule has 0 aliphatic rings. The van der Waals surface area contributed by atoms with E-state index in [-0.39, 0.29) is 0 Å². The van der Waals surface area contributed by atoms with Crippen molar-refractivity contribution in [3.63, 3.8) is 0 Å². The number of rotatable bonds is 12. The van der Waals surface area contributed by atoms with Gasteiger partial charge in [0.25, 0.3) is 12.7 Å². The topological polar surface area (TPSA) is 67.4 Å². The van der Waals surface area contributed by atoms with Gasteiger partial charge in [-0.15, -0.1) is 0 Å². The van der Waals surface area contributed by atoms with Crippen molar-refractivity contribution in [1.29, 1.82) is 0 Å². The maximum atomic E-state index is 5.65. The summed E-state index contributed by atoms with van der Waals surface area (Å²) in [5.41, 5.74) is 4.14. The molecule has 0 saturated heterocycles. The van der Waals surface area contributed by atoms with Crippen LogP contribution in [0.4, 0.5) is 0 Å². The van der Waals surface area contributed by atoms with Crippen molar-refractivity contribution < 1.29 is 28.1 Å². The van der Waals surface area contributed by atoms with Crippen LogP contribution < -0.4 is 28.1 Å². The van der Waals surface area contributed by atoms with Crippen molar-refractivity contribution in [1.82, 2.24) is 14.1 Å². The Morgan fingerprint density at radius 2 is 1.02 bits per heavy atom. The number of hydrogen-bond donors (Lipinski definition) is 0. The summed E-state index contributed by atoms with van der Waals surface area (Å²) in [5.74, 6) is 4.41. The Balaban J connectivity index is 1.69. The van der Waals surface area contributed by atoms with E-state index in [0.29, 0.717) is 23.0 Å². The molecular weight excluding hydrogens is 506 g/mol. The standard InChI is InChI=1S/C31H39N5O4/c1-7-9-14-33-20-35(24-18-28(39-5)26(37-3)16-22(24)33)30-12-11-13-31(32-30)36-21-34(15-10-8-2)23-17-27(38-4)29(40-6)19-25(23)36/h11-13,16-21H,7-10,14-15H2,1-6H3/q+2. The molecule has 3 heterocycles. The van der Waals surface area contributed by atoms with Crippen LogP contribution in [0.5, 0.6) is 23.0 Å². The minimum Gasteiger partial charge on any atom is -0.493 e. The Labute approximate surface area is 235 Å².